The molecule has 1 aliphatic rings. The number of anilines is 1. The summed E-state index contributed by atoms with van der Waals surface area (Å²) in [6.07, 6.45) is -2.12. The SMILES string of the molecule is CC(C)(N)CC(=O)N[C@@H]1CCc2ccccc2N(Cc2ccc(-c3ccccc3-c3nc[nH]n3)cc2)C1=O.O=C(O)C(F)(F)F. The Labute approximate surface area is 257 Å². The Bertz CT molecular complexity index is 1630. The number of carbonyl (C=O) groups is 3. The van der Waals surface area contributed by atoms with Gasteiger partial charge in [0.15, 0.2) is 5.82 Å². The van der Waals surface area contributed by atoms with Crippen molar-refractivity contribution in [1.29, 1.82) is 0 Å². The largest absolute Gasteiger partial charge is 0.490 e. The lowest BCUT2D eigenvalue weighted by Gasteiger charge is -2.27. The number of carboxylic acid groups (broad SMARTS) is 1. The lowest BCUT2D eigenvalue weighted by atomic mass is 9.98. The number of carboxylic acids is 1. The second-order valence-electron chi connectivity index (χ2n) is 11.2. The second-order valence-corrected chi connectivity index (χ2v) is 11.2. The highest BCUT2D eigenvalue weighted by Gasteiger charge is 2.38. The van der Waals surface area contributed by atoms with E-state index in [9.17, 15) is 22.8 Å². The molecule has 5 rings (SSSR count). The average Bonchev–Trinajstić information content (AvgIpc) is 3.48. The summed E-state index contributed by atoms with van der Waals surface area (Å²) in [6.45, 7) is 4.00. The van der Waals surface area contributed by atoms with Crippen molar-refractivity contribution in [3.63, 3.8) is 0 Å². The molecular formula is C32H33F3N6O4. The zero-order valence-electron chi connectivity index (χ0n) is 24.6. The van der Waals surface area contributed by atoms with Crippen molar-refractivity contribution < 1.29 is 32.7 Å². The van der Waals surface area contributed by atoms with Crippen LogP contribution in [0.2, 0.25) is 0 Å². The van der Waals surface area contributed by atoms with Crippen LogP contribution in [0.5, 0.6) is 0 Å². The number of nitrogens with zero attached hydrogens (tertiary/aromatic N) is 3. The number of H-pyrrole nitrogens is 1. The molecule has 1 aromatic heterocycles. The first-order chi connectivity index (χ1) is 21.2. The lowest BCUT2D eigenvalue weighted by Crippen LogP contribution is -2.49. The first-order valence-electron chi connectivity index (χ1n) is 14.0. The fourth-order valence-electron chi connectivity index (χ4n) is 4.91. The molecule has 3 aromatic carbocycles. The monoisotopic (exact) mass is 622 g/mol. The van der Waals surface area contributed by atoms with Crippen LogP contribution in [-0.4, -0.2) is 55.8 Å². The number of halogens is 3. The van der Waals surface area contributed by atoms with E-state index in [0.717, 1.165) is 33.5 Å². The number of aromatic amines is 1. The summed E-state index contributed by atoms with van der Waals surface area (Å²) in [6, 6.07) is 23.5. The summed E-state index contributed by atoms with van der Waals surface area (Å²) in [4.78, 5) is 41.4. The summed E-state index contributed by atoms with van der Waals surface area (Å²) in [7, 11) is 0. The maximum atomic E-state index is 13.7. The summed E-state index contributed by atoms with van der Waals surface area (Å²) in [5.74, 6) is -2.44. The van der Waals surface area contributed by atoms with Crippen LogP contribution in [0.15, 0.2) is 79.1 Å². The van der Waals surface area contributed by atoms with Crippen LogP contribution in [-0.2, 0) is 27.3 Å². The number of nitrogens with two attached hydrogens (primary N) is 1. The standard InChI is InChI=1S/C30H32N6O2.C2HF3O2/c1-30(2,31)17-27(37)34-25-16-15-22-7-3-6-10-26(22)36(29(25)38)18-20-11-13-21(14-12-20)23-8-4-5-9-24(23)28-32-19-33-35-28;3-2(4,5)1(6)7/h3-14,19,25H,15-18,31H2,1-2H3,(H,34,37)(H,32,33,35);(H,6,7)/t25-;/m1./s1. The van der Waals surface area contributed by atoms with E-state index in [1.807, 2.05) is 60.7 Å². The van der Waals surface area contributed by atoms with Gasteiger partial charge in [-0.25, -0.2) is 9.78 Å². The number of alkyl halides is 3. The summed E-state index contributed by atoms with van der Waals surface area (Å²) in [5.41, 5.74) is 11.4. The van der Waals surface area contributed by atoms with Crippen LogP contribution >= 0.6 is 0 Å². The van der Waals surface area contributed by atoms with Gasteiger partial charge >= 0.3 is 12.1 Å². The van der Waals surface area contributed by atoms with Crippen LogP contribution in [0, 0.1) is 0 Å². The number of aliphatic carboxylic acids is 1. The minimum atomic E-state index is -5.08. The van der Waals surface area contributed by atoms with E-state index in [4.69, 9.17) is 15.6 Å². The Morgan fingerprint density at radius 2 is 1.64 bits per heavy atom. The number of fused-ring (bicyclic) bond motifs is 1. The van der Waals surface area contributed by atoms with Crippen molar-refractivity contribution in [2.45, 2.75) is 57.4 Å². The Morgan fingerprint density at radius 1 is 1.02 bits per heavy atom. The maximum Gasteiger partial charge on any atom is 0.490 e. The van der Waals surface area contributed by atoms with Gasteiger partial charge in [0.05, 0.1) is 6.54 Å². The number of rotatable bonds is 7. The summed E-state index contributed by atoms with van der Waals surface area (Å²) in [5, 5.41) is 17.1. The lowest BCUT2D eigenvalue weighted by molar-refractivity contribution is -0.192. The van der Waals surface area contributed by atoms with Crippen LogP contribution < -0.4 is 16.0 Å². The van der Waals surface area contributed by atoms with E-state index in [1.165, 1.54) is 0 Å². The van der Waals surface area contributed by atoms with Gasteiger partial charge in [0.2, 0.25) is 11.8 Å². The third kappa shape index (κ3) is 8.76. The van der Waals surface area contributed by atoms with Gasteiger partial charge in [0.1, 0.15) is 12.4 Å². The van der Waals surface area contributed by atoms with E-state index in [1.54, 1.807) is 25.1 Å². The van der Waals surface area contributed by atoms with Gasteiger partial charge < -0.3 is 21.1 Å². The zero-order chi connectivity index (χ0) is 32.8. The molecule has 0 unspecified atom stereocenters. The van der Waals surface area contributed by atoms with Crippen LogP contribution in [0.25, 0.3) is 22.5 Å². The van der Waals surface area contributed by atoms with Gasteiger partial charge in [-0.2, -0.15) is 18.3 Å². The number of para-hydroxylation sites is 1. The normalized spacial score (nSPS) is 14.9. The van der Waals surface area contributed by atoms with Gasteiger partial charge in [-0.1, -0.05) is 66.7 Å². The van der Waals surface area contributed by atoms with Crippen molar-refractivity contribution in [2.75, 3.05) is 4.90 Å². The Hall–Kier alpha value is -5.04. The Balaban J connectivity index is 0.000000591. The molecule has 0 radical (unpaired) electrons. The molecule has 0 spiro atoms. The highest BCUT2D eigenvalue weighted by atomic mass is 19.4. The third-order valence-electron chi connectivity index (χ3n) is 6.93. The van der Waals surface area contributed by atoms with Gasteiger partial charge in [0.25, 0.3) is 0 Å². The van der Waals surface area contributed by atoms with E-state index >= 15 is 0 Å². The van der Waals surface area contributed by atoms with Crippen molar-refractivity contribution in [1.82, 2.24) is 20.5 Å². The third-order valence-corrected chi connectivity index (χ3v) is 6.93. The average molecular weight is 623 g/mol. The topological polar surface area (TPSA) is 154 Å². The molecule has 5 N–H and O–H groups in total. The number of benzene rings is 3. The molecule has 1 atom stereocenters. The Morgan fingerprint density at radius 3 is 2.24 bits per heavy atom. The number of nitrogens with one attached hydrogen (secondary N) is 2. The molecule has 0 bridgehead atoms. The number of carbonyl (C=O) groups excluding carboxylic acids is 2. The van der Waals surface area contributed by atoms with E-state index in [0.29, 0.717) is 25.2 Å². The smallest absolute Gasteiger partial charge is 0.475 e. The molecule has 13 heteroatoms. The molecule has 0 saturated carbocycles. The number of hydrogen-bond donors (Lipinski definition) is 4. The minimum absolute atomic E-state index is 0.114. The van der Waals surface area contributed by atoms with Gasteiger partial charge in [0, 0.05) is 23.2 Å². The number of aryl methyl sites for hydroxylation is 1. The Kier molecular flexibility index (Phi) is 10.0. The summed E-state index contributed by atoms with van der Waals surface area (Å²) >= 11 is 0. The number of aromatic nitrogens is 3. The van der Waals surface area contributed by atoms with Crippen molar-refractivity contribution >= 4 is 23.5 Å². The number of amides is 2. The highest BCUT2D eigenvalue weighted by molar-refractivity contribution is 6.00. The van der Waals surface area contributed by atoms with Gasteiger partial charge in [-0.15, -0.1) is 0 Å². The molecule has 2 amide bonds. The van der Waals surface area contributed by atoms with Crippen molar-refractivity contribution in [3.8, 4) is 22.5 Å². The second kappa shape index (κ2) is 13.7. The first-order valence-corrected chi connectivity index (χ1v) is 14.0. The fraction of sp³-hybridized carbons (Fsp3) is 0.281. The molecule has 0 saturated heterocycles. The van der Waals surface area contributed by atoms with Gasteiger partial charge in [-0.3, -0.25) is 14.7 Å². The molecular weight excluding hydrogens is 589 g/mol. The minimum Gasteiger partial charge on any atom is -0.475 e. The highest BCUT2D eigenvalue weighted by Crippen LogP contribution is 2.32. The fourth-order valence-corrected chi connectivity index (χ4v) is 4.91. The molecule has 2 heterocycles. The maximum absolute atomic E-state index is 13.7. The van der Waals surface area contributed by atoms with E-state index in [2.05, 4.69) is 32.6 Å². The van der Waals surface area contributed by atoms with Gasteiger partial charge in [-0.05, 0) is 55.0 Å². The number of hydrogen-bond acceptors (Lipinski definition) is 6. The molecule has 1 aliphatic heterocycles. The van der Waals surface area contributed by atoms with E-state index in [-0.39, 0.29) is 18.2 Å². The molecule has 10 nitrogen and oxygen atoms in total. The molecule has 236 valence electrons. The van der Waals surface area contributed by atoms with Crippen molar-refractivity contribution in [3.05, 3.63) is 90.3 Å². The predicted octanol–water partition coefficient (Wildman–Crippen LogP) is 4.86. The predicted molar refractivity (Wildman–Crippen MR) is 162 cm³/mol. The van der Waals surface area contributed by atoms with E-state index < -0.39 is 23.7 Å². The van der Waals surface area contributed by atoms with Crippen molar-refractivity contribution in [2.24, 2.45) is 5.73 Å². The quantitative estimate of drug-likeness (QED) is 0.229. The molecule has 0 aliphatic carbocycles. The molecule has 45 heavy (non-hydrogen) atoms. The van der Waals surface area contributed by atoms with Crippen LogP contribution in [0.4, 0.5) is 18.9 Å². The van der Waals surface area contributed by atoms with Crippen LogP contribution in [0.3, 0.4) is 0 Å². The molecule has 0 fully saturated rings. The first kappa shape index (κ1) is 32.9. The zero-order valence-corrected chi connectivity index (χ0v) is 24.6. The summed E-state index contributed by atoms with van der Waals surface area (Å²) < 4.78 is 31.7. The van der Waals surface area contributed by atoms with Crippen LogP contribution in [0.1, 0.15) is 37.8 Å². The molecule has 4 aromatic rings.